The number of hydrogen-bond acceptors (Lipinski definition) is 7. The summed E-state index contributed by atoms with van der Waals surface area (Å²) in [6, 6.07) is 9.46. The number of rotatable bonds is 8. The first-order chi connectivity index (χ1) is 20.2. The van der Waals surface area contributed by atoms with Crippen LogP contribution < -0.4 is 5.73 Å². The first-order valence-corrected chi connectivity index (χ1v) is 15.8. The zero-order chi connectivity index (χ0) is 29.2. The summed E-state index contributed by atoms with van der Waals surface area (Å²) in [5.74, 6) is 2.26. The number of nitrogens with zero attached hydrogens (tertiary/aromatic N) is 5. The fourth-order valence-electron chi connectivity index (χ4n) is 7.59. The Hall–Kier alpha value is -3.01. The van der Waals surface area contributed by atoms with E-state index in [1.807, 2.05) is 16.8 Å². The van der Waals surface area contributed by atoms with Crippen LogP contribution >= 0.6 is 0 Å². The molecule has 224 valence electrons. The van der Waals surface area contributed by atoms with Gasteiger partial charge in [0.05, 0.1) is 28.6 Å². The van der Waals surface area contributed by atoms with E-state index in [0.29, 0.717) is 23.8 Å². The standard InChI is InChI=1S/C33H45N7O2/c1-33(2,3)21-8-9-25-26(16-21)38-28(37-25)10-7-19-13-23(14-19)40(22-5-4-6-22)17-20-15-27(30(42)29(20)41)39-12-11-24-31(34)35-18-36-32(24)39/h8-9,11-12,16,18-20,22-23,27,29-30,41-42H,4-7,10,13-15,17H2,1-3H3,(H,37,38)(H2,34,35,36)/t19?,20-,23?,27-,29-,30+/m1/s1. The van der Waals surface area contributed by atoms with Crippen LogP contribution in [0.4, 0.5) is 5.82 Å². The molecule has 4 atom stereocenters. The maximum Gasteiger partial charge on any atom is 0.145 e. The molecule has 0 radical (unpaired) electrons. The molecule has 0 saturated heterocycles. The lowest BCUT2D eigenvalue weighted by atomic mass is 9.74. The Morgan fingerprint density at radius 3 is 2.60 bits per heavy atom. The number of H-pyrrole nitrogens is 1. The van der Waals surface area contributed by atoms with Gasteiger partial charge in [-0.2, -0.15) is 0 Å². The van der Waals surface area contributed by atoms with Gasteiger partial charge in [-0.05, 0) is 73.6 Å². The van der Waals surface area contributed by atoms with Crippen molar-refractivity contribution >= 4 is 27.9 Å². The third kappa shape index (κ3) is 4.99. The second-order valence-corrected chi connectivity index (χ2v) is 14.2. The topological polar surface area (TPSA) is 129 Å². The molecule has 3 aromatic heterocycles. The van der Waals surface area contributed by atoms with Gasteiger partial charge in [-0.1, -0.05) is 33.3 Å². The number of nitrogens with one attached hydrogen (secondary N) is 1. The fraction of sp³-hybridized carbons (Fsp3) is 0.606. The maximum absolute atomic E-state index is 11.2. The van der Waals surface area contributed by atoms with Gasteiger partial charge >= 0.3 is 0 Å². The van der Waals surface area contributed by atoms with Gasteiger partial charge in [0.1, 0.15) is 29.7 Å². The molecule has 3 fully saturated rings. The summed E-state index contributed by atoms with van der Waals surface area (Å²) in [5, 5.41) is 23.1. The van der Waals surface area contributed by atoms with E-state index in [0.717, 1.165) is 53.7 Å². The molecular weight excluding hydrogens is 526 g/mol. The molecule has 7 rings (SSSR count). The van der Waals surface area contributed by atoms with E-state index >= 15 is 0 Å². The predicted molar refractivity (Wildman–Crippen MR) is 165 cm³/mol. The van der Waals surface area contributed by atoms with Crippen molar-refractivity contribution in [2.24, 2.45) is 11.8 Å². The van der Waals surface area contributed by atoms with Gasteiger partial charge in [0, 0.05) is 37.2 Å². The van der Waals surface area contributed by atoms with Crippen LogP contribution in [0.25, 0.3) is 22.1 Å². The monoisotopic (exact) mass is 571 g/mol. The molecule has 4 aromatic rings. The number of imidazole rings is 1. The third-order valence-corrected chi connectivity index (χ3v) is 10.5. The lowest BCUT2D eigenvalue weighted by molar-refractivity contribution is -0.0338. The molecule has 42 heavy (non-hydrogen) atoms. The molecule has 1 aromatic carbocycles. The summed E-state index contributed by atoms with van der Waals surface area (Å²) in [7, 11) is 0. The molecule has 0 aliphatic heterocycles. The summed E-state index contributed by atoms with van der Waals surface area (Å²) in [5.41, 5.74) is 10.4. The highest BCUT2D eigenvalue weighted by Gasteiger charge is 2.46. The van der Waals surface area contributed by atoms with E-state index < -0.39 is 12.2 Å². The van der Waals surface area contributed by atoms with Crippen LogP contribution in [0, 0.1) is 11.8 Å². The number of aromatic amines is 1. The Morgan fingerprint density at radius 1 is 1.05 bits per heavy atom. The Kier molecular flexibility index (Phi) is 7.02. The van der Waals surface area contributed by atoms with Crippen molar-refractivity contribution in [3.8, 4) is 0 Å². The van der Waals surface area contributed by atoms with Crippen molar-refractivity contribution in [1.29, 1.82) is 0 Å². The van der Waals surface area contributed by atoms with Gasteiger partial charge in [0.15, 0.2) is 0 Å². The normalized spacial score (nSPS) is 28.5. The minimum atomic E-state index is -0.831. The van der Waals surface area contributed by atoms with E-state index in [9.17, 15) is 10.2 Å². The molecule has 3 aliphatic carbocycles. The number of fused-ring (bicyclic) bond motifs is 2. The second kappa shape index (κ2) is 10.6. The maximum atomic E-state index is 11.2. The number of nitrogens with two attached hydrogens (primary N) is 1. The number of aryl methyl sites for hydroxylation is 1. The molecule has 0 spiro atoms. The number of aromatic nitrogens is 5. The number of benzene rings is 1. The van der Waals surface area contributed by atoms with Crippen LogP contribution in [0.3, 0.4) is 0 Å². The van der Waals surface area contributed by atoms with E-state index in [2.05, 4.69) is 58.8 Å². The van der Waals surface area contributed by atoms with Crippen molar-refractivity contribution in [1.82, 2.24) is 29.4 Å². The number of hydrogen-bond donors (Lipinski definition) is 4. The minimum Gasteiger partial charge on any atom is -0.390 e. The van der Waals surface area contributed by atoms with Gasteiger partial charge in [0.25, 0.3) is 0 Å². The summed E-state index contributed by atoms with van der Waals surface area (Å²) in [6.07, 6.45) is 10.8. The summed E-state index contributed by atoms with van der Waals surface area (Å²) >= 11 is 0. The van der Waals surface area contributed by atoms with Crippen LogP contribution in [-0.4, -0.2) is 70.5 Å². The highest BCUT2D eigenvalue weighted by molar-refractivity contribution is 5.86. The molecular formula is C33H45N7O2. The SMILES string of the molecule is CC(C)(C)c1ccc2[nH]c(CCC3CC(N(C[C@H]4C[C@@H](n5ccc6c(N)ncnc65)[C@H](O)[C@@H]4O)C4CCC4)C3)nc2c1. The first-order valence-electron chi connectivity index (χ1n) is 15.8. The summed E-state index contributed by atoms with van der Waals surface area (Å²) in [4.78, 5) is 19.7. The smallest absolute Gasteiger partial charge is 0.145 e. The molecule has 0 unspecified atom stereocenters. The second-order valence-electron chi connectivity index (χ2n) is 14.2. The quantitative estimate of drug-likeness (QED) is 0.241. The largest absolute Gasteiger partial charge is 0.390 e. The van der Waals surface area contributed by atoms with Gasteiger partial charge in [0.2, 0.25) is 0 Å². The van der Waals surface area contributed by atoms with Gasteiger partial charge in [-0.3, -0.25) is 4.90 Å². The van der Waals surface area contributed by atoms with E-state index in [4.69, 9.17) is 10.7 Å². The average molecular weight is 572 g/mol. The third-order valence-electron chi connectivity index (χ3n) is 10.5. The zero-order valence-electron chi connectivity index (χ0n) is 25.1. The lowest BCUT2D eigenvalue weighted by Gasteiger charge is -2.50. The summed E-state index contributed by atoms with van der Waals surface area (Å²) in [6.45, 7) is 7.56. The first kappa shape index (κ1) is 27.8. The molecule has 3 heterocycles. The number of aliphatic hydroxyl groups is 2. The lowest BCUT2D eigenvalue weighted by Crippen LogP contribution is -2.54. The Morgan fingerprint density at radius 2 is 1.86 bits per heavy atom. The Bertz CT molecular complexity index is 1560. The average Bonchev–Trinajstić information content (AvgIpc) is 3.58. The number of nitrogen functional groups attached to an aromatic ring is 1. The molecule has 9 heteroatoms. The van der Waals surface area contributed by atoms with E-state index in [-0.39, 0.29) is 17.4 Å². The molecule has 3 aliphatic rings. The highest BCUT2D eigenvalue weighted by atomic mass is 16.3. The van der Waals surface area contributed by atoms with E-state index in [1.54, 1.807) is 0 Å². The van der Waals surface area contributed by atoms with Crippen molar-refractivity contribution in [2.45, 2.75) is 108 Å². The van der Waals surface area contributed by atoms with Gasteiger partial charge in [-0.15, -0.1) is 0 Å². The molecule has 9 nitrogen and oxygen atoms in total. The predicted octanol–water partition coefficient (Wildman–Crippen LogP) is 4.74. The zero-order valence-corrected chi connectivity index (χ0v) is 25.1. The van der Waals surface area contributed by atoms with Crippen molar-refractivity contribution in [2.75, 3.05) is 12.3 Å². The molecule has 3 saturated carbocycles. The van der Waals surface area contributed by atoms with Crippen LogP contribution in [0.15, 0.2) is 36.8 Å². The van der Waals surface area contributed by atoms with Gasteiger partial charge in [-0.25, -0.2) is 15.0 Å². The Labute approximate surface area is 247 Å². The van der Waals surface area contributed by atoms with Crippen molar-refractivity contribution in [3.63, 3.8) is 0 Å². The highest BCUT2D eigenvalue weighted by Crippen LogP contribution is 2.43. The summed E-state index contributed by atoms with van der Waals surface area (Å²) < 4.78 is 1.98. The fourth-order valence-corrected chi connectivity index (χ4v) is 7.59. The number of aliphatic hydroxyl groups excluding tert-OH is 2. The van der Waals surface area contributed by atoms with Crippen LogP contribution in [0.2, 0.25) is 0 Å². The van der Waals surface area contributed by atoms with E-state index in [1.165, 1.54) is 44.0 Å². The molecule has 0 bridgehead atoms. The van der Waals surface area contributed by atoms with Crippen molar-refractivity contribution in [3.05, 3.63) is 48.2 Å². The molecule has 0 amide bonds. The van der Waals surface area contributed by atoms with Crippen LogP contribution in [-0.2, 0) is 11.8 Å². The number of anilines is 1. The van der Waals surface area contributed by atoms with Crippen molar-refractivity contribution < 1.29 is 10.2 Å². The van der Waals surface area contributed by atoms with Crippen LogP contribution in [0.5, 0.6) is 0 Å². The minimum absolute atomic E-state index is 0.0230. The van der Waals surface area contributed by atoms with Gasteiger partial charge < -0.3 is 25.5 Å². The molecule has 5 N–H and O–H groups in total. The van der Waals surface area contributed by atoms with Crippen LogP contribution in [0.1, 0.15) is 83.1 Å². The Balaban J connectivity index is 0.977.